The van der Waals surface area contributed by atoms with E-state index in [0.717, 1.165) is 5.56 Å². The number of carbonyl (C=O) groups excluding carboxylic acids is 1. The molecule has 1 amide bonds. The second-order valence-corrected chi connectivity index (χ2v) is 6.26. The summed E-state index contributed by atoms with van der Waals surface area (Å²) in [5.74, 6) is -0.227. The van der Waals surface area contributed by atoms with Gasteiger partial charge in [-0.1, -0.05) is 24.3 Å². The SMILES string of the molecule is CC(C)n1nc(C(=O)N(C)Cc2cccnc2)c2ccccc2c1=O. The summed E-state index contributed by atoms with van der Waals surface area (Å²) in [6, 6.07) is 10.7. The number of fused-ring (bicyclic) bond motifs is 1. The summed E-state index contributed by atoms with van der Waals surface area (Å²) >= 11 is 0. The lowest BCUT2D eigenvalue weighted by atomic mass is 10.1. The molecule has 0 fully saturated rings. The molecule has 0 bridgehead atoms. The highest BCUT2D eigenvalue weighted by atomic mass is 16.2. The Kier molecular flexibility index (Phi) is 4.61. The number of amides is 1. The number of rotatable bonds is 4. The molecule has 25 heavy (non-hydrogen) atoms. The molecule has 0 radical (unpaired) electrons. The van der Waals surface area contributed by atoms with E-state index in [4.69, 9.17) is 0 Å². The van der Waals surface area contributed by atoms with Crippen LogP contribution in [0.2, 0.25) is 0 Å². The van der Waals surface area contributed by atoms with Gasteiger partial charge < -0.3 is 4.90 Å². The van der Waals surface area contributed by atoms with E-state index in [2.05, 4.69) is 10.1 Å². The smallest absolute Gasteiger partial charge is 0.274 e. The van der Waals surface area contributed by atoms with Gasteiger partial charge in [0, 0.05) is 31.4 Å². The number of hydrogen-bond donors (Lipinski definition) is 0. The maximum absolute atomic E-state index is 13.0. The fourth-order valence-corrected chi connectivity index (χ4v) is 2.73. The Morgan fingerprint density at radius 1 is 1.16 bits per heavy atom. The number of hydrogen-bond acceptors (Lipinski definition) is 4. The zero-order valence-electron chi connectivity index (χ0n) is 14.5. The molecule has 6 nitrogen and oxygen atoms in total. The Morgan fingerprint density at radius 2 is 1.88 bits per heavy atom. The van der Waals surface area contributed by atoms with Crippen LogP contribution in [0.25, 0.3) is 10.8 Å². The highest BCUT2D eigenvalue weighted by Crippen LogP contribution is 2.17. The topological polar surface area (TPSA) is 68.1 Å². The number of carbonyl (C=O) groups is 1. The van der Waals surface area contributed by atoms with Crippen LogP contribution in [0.3, 0.4) is 0 Å². The third-order valence-electron chi connectivity index (χ3n) is 4.01. The molecule has 0 aliphatic carbocycles. The lowest BCUT2D eigenvalue weighted by molar-refractivity contribution is 0.0778. The molecular formula is C19H20N4O2. The van der Waals surface area contributed by atoms with E-state index in [-0.39, 0.29) is 23.2 Å². The molecule has 128 valence electrons. The van der Waals surface area contributed by atoms with Gasteiger partial charge in [0.2, 0.25) is 0 Å². The van der Waals surface area contributed by atoms with Crippen molar-refractivity contribution < 1.29 is 4.79 Å². The van der Waals surface area contributed by atoms with Gasteiger partial charge >= 0.3 is 0 Å². The van der Waals surface area contributed by atoms with E-state index in [9.17, 15) is 9.59 Å². The van der Waals surface area contributed by atoms with Crippen LogP contribution in [0.15, 0.2) is 53.6 Å². The van der Waals surface area contributed by atoms with Gasteiger partial charge in [-0.05, 0) is 31.5 Å². The van der Waals surface area contributed by atoms with E-state index >= 15 is 0 Å². The summed E-state index contributed by atoms with van der Waals surface area (Å²) in [6.45, 7) is 4.16. The first-order valence-corrected chi connectivity index (χ1v) is 8.15. The van der Waals surface area contributed by atoms with Gasteiger partial charge in [0.25, 0.3) is 11.5 Å². The first-order chi connectivity index (χ1) is 12.0. The van der Waals surface area contributed by atoms with Crippen LogP contribution in [0, 0.1) is 0 Å². The zero-order chi connectivity index (χ0) is 18.0. The van der Waals surface area contributed by atoms with Crippen molar-refractivity contribution in [2.75, 3.05) is 7.05 Å². The van der Waals surface area contributed by atoms with Gasteiger partial charge in [0.15, 0.2) is 5.69 Å². The highest BCUT2D eigenvalue weighted by Gasteiger charge is 2.20. The Bertz CT molecular complexity index is 964. The van der Waals surface area contributed by atoms with Gasteiger partial charge in [-0.25, -0.2) is 4.68 Å². The van der Waals surface area contributed by atoms with Gasteiger partial charge in [0.05, 0.1) is 11.4 Å². The average molecular weight is 336 g/mol. The molecular weight excluding hydrogens is 316 g/mol. The quantitative estimate of drug-likeness (QED) is 0.734. The van der Waals surface area contributed by atoms with Crippen LogP contribution < -0.4 is 5.56 Å². The minimum absolute atomic E-state index is 0.132. The largest absolute Gasteiger partial charge is 0.336 e. The highest BCUT2D eigenvalue weighted by molar-refractivity contribution is 6.04. The van der Waals surface area contributed by atoms with Crippen LogP contribution >= 0.6 is 0 Å². The van der Waals surface area contributed by atoms with Crippen molar-refractivity contribution in [2.24, 2.45) is 0 Å². The number of nitrogens with zero attached hydrogens (tertiary/aromatic N) is 4. The van der Waals surface area contributed by atoms with Crippen LogP contribution in [0.1, 0.15) is 35.9 Å². The van der Waals surface area contributed by atoms with Crippen molar-refractivity contribution >= 4 is 16.7 Å². The van der Waals surface area contributed by atoms with Gasteiger partial charge in [0.1, 0.15) is 0 Å². The second kappa shape index (κ2) is 6.84. The Labute approximate surface area is 145 Å². The normalized spacial score (nSPS) is 11.0. The third kappa shape index (κ3) is 3.28. The van der Waals surface area contributed by atoms with Crippen LogP contribution in [0.4, 0.5) is 0 Å². The summed E-state index contributed by atoms with van der Waals surface area (Å²) in [6.07, 6.45) is 3.42. The van der Waals surface area contributed by atoms with E-state index in [0.29, 0.717) is 17.3 Å². The molecule has 0 saturated carbocycles. The Balaban J connectivity index is 2.06. The maximum atomic E-state index is 13.0. The second-order valence-electron chi connectivity index (χ2n) is 6.26. The van der Waals surface area contributed by atoms with Crippen LogP contribution in [-0.2, 0) is 6.54 Å². The van der Waals surface area contributed by atoms with Crippen molar-refractivity contribution in [3.63, 3.8) is 0 Å². The molecule has 2 aromatic heterocycles. The monoisotopic (exact) mass is 336 g/mol. The van der Waals surface area contributed by atoms with Gasteiger partial charge in [-0.15, -0.1) is 0 Å². The first-order valence-electron chi connectivity index (χ1n) is 8.15. The number of aromatic nitrogens is 3. The van der Waals surface area contributed by atoms with E-state index in [1.165, 1.54) is 4.68 Å². The minimum atomic E-state index is -0.227. The van der Waals surface area contributed by atoms with Crippen molar-refractivity contribution in [1.82, 2.24) is 19.7 Å². The molecule has 1 aromatic carbocycles. The van der Waals surface area contributed by atoms with E-state index in [1.807, 2.05) is 26.0 Å². The summed E-state index contributed by atoms with van der Waals surface area (Å²) in [4.78, 5) is 31.2. The molecule has 0 aliphatic rings. The van der Waals surface area contributed by atoms with Crippen molar-refractivity contribution in [3.8, 4) is 0 Å². The number of benzene rings is 1. The van der Waals surface area contributed by atoms with Crippen LogP contribution in [-0.4, -0.2) is 32.6 Å². The summed E-state index contributed by atoms with van der Waals surface area (Å²) in [5.41, 5.74) is 1.03. The van der Waals surface area contributed by atoms with Crippen molar-refractivity contribution in [1.29, 1.82) is 0 Å². The summed E-state index contributed by atoms with van der Waals surface area (Å²) < 4.78 is 1.37. The molecule has 0 N–H and O–H groups in total. The molecule has 0 aliphatic heterocycles. The number of pyridine rings is 1. The summed E-state index contributed by atoms with van der Waals surface area (Å²) in [5, 5.41) is 5.44. The van der Waals surface area contributed by atoms with E-state index < -0.39 is 0 Å². The molecule has 6 heteroatoms. The maximum Gasteiger partial charge on any atom is 0.274 e. The fraction of sp³-hybridized carbons (Fsp3) is 0.263. The lowest BCUT2D eigenvalue weighted by Gasteiger charge is -2.19. The molecule has 2 heterocycles. The first kappa shape index (κ1) is 16.8. The Morgan fingerprint density at radius 3 is 2.52 bits per heavy atom. The standard InChI is InChI=1S/C19H20N4O2/c1-13(2)23-18(24)16-9-5-4-8-15(16)17(21-23)19(25)22(3)12-14-7-6-10-20-11-14/h4-11,13H,12H2,1-3H3. The average Bonchev–Trinajstić information content (AvgIpc) is 2.62. The lowest BCUT2D eigenvalue weighted by Crippen LogP contribution is -2.32. The van der Waals surface area contributed by atoms with Gasteiger partial charge in [-0.2, -0.15) is 5.10 Å². The Hall–Kier alpha value is -3.02. The predicted molar refractivity (Wildman–Crippen MR) is 96.4 cm³/mol. The zero-order valence-corrected chi connectivity index (χ0v) is 14.5. The van der Waals surface area contributed by atoms with Crippen molar-refractivity contribution in [3.05, 3.63) is 70.4 Å². The van der Waals surface area contributed by atoms with E-state index in [1.54, 1.807) is 48.6 Å². The van der Waals surface area contributed by atoms with Gasteiger partial charge in [-0.3, -0.25) is 14.6 Å². The predicted octanol–water partition coefficient (Wildman–Crippen LogP) is 2.64. The molecule has 3 rings (SSSR count). The molecule has 3 aromatic rings. The third-order valence-corrected chi connectivity index (χ3v) is 4.01. The van der Waals surface area contributed by atoms with Crippen molar-refractivity contribution in [2.45, 2.75) is 26.4 Å². The fourth-order valence-electron chi connectivity index (χ4n) is 2.73. The molecule has 0 spiro atoms. The molecule has 0 saturated heterocycles. The molecule has 0 atom stereocenters. The molecule has 0 unspecified atom stereocenters. The van der Waals surface area contributed by atoms with Crippen LogP contribution in [0.5, 0.6) is 0 Å². The summed E-state index contributed by atoms with van der Waals surface area (Å²) in [7, 11) is 1.72. The minimum Gasteiger partial charge on any atom is -0.336 e.